The van der Waals surface area contributed by atoms with Gasteiger partial charge in [-0.3, -0.25) is 0 Å². The molecule has 0 saturated carbocycles. The molecule has 0 bridgehead atoms. The Morgan fingerprint density at radius 3 is 2.79 bits per heavy atom. The first kappa shape index (κ1) is 18.0. The minimum absolute atomic E-state index is 0.126. The Morgan fingerprint density at radius 1 is 1.38 bits per heavy atom. The van der Waals surface area contributed by atoms with Crippen molar-refractivity contribution in [1.82, 2.24) is 14.9 Å². The number of anilines is 1. The molecule has 0 atom stereocenters. The highest BCUT2D eigenvalue weighted by Gasteiger charge is 2.19. The normalized spacial score (nSPS) is 11.6. The molecule has 6 nitrogen and oxygen atoms in total. The van der Waals surface area contributed by atoms with Gasteiger partial charge in [0.15, 0.2) is 0 Å². The van der Waals surface area contributed by atoms with E-state index >= 15 is 0 Å². The van der Waals surface area contributed by atoms with Crippen LogP contribution in [0.5, 0.6) is 0 Å². The molecule has 2 amide bonds. The predicted molar refractivity (Wildman–Crippen MR) is 95.2 cm³/mol. The summed E-state index contributed by atoms with van der Waals surface area (Å²) in [5.41, 5.74) is 1.13. The number of aliphatic hydroxyl groups is 1. The number of nitrogens with zero attached hydrogens (tertiary/aromatic N) is 2. The van der Waals surface area contributed by atoms with Crippen LogP contribution in [-0.4, -0.2) is 32.8 Å². The van der Waals surface area contributed by atoms with Crippen LogP contribution in [0.15, 0.2) is 36.7 Å². The number of hydrogen-bond donors (Lipinski definition) is 3. The maximum atomic E-state index is 12.0. The van der Waals surface area contributed by atoms with Crippen LogP contribution < -0.4 is 10.6 Å². The number of amides is 2. The van der Waals surface area contributed by atoms with Gasteiger partial charge in [-0.05, 0) is 31.5 Å². The summed E-state index contributed by atoms with van der Waals surface area (Å²) in [6.45, 7) is 8.32. The number of nitrogens with one attached hydrogen (secondary N) is 2. The fourth-order valence-electron chi connectivity index (χ4n) is 2.41. The van der Waals surface area contributed by atoms with Crippen molar-refractivity contribution in [3.63, 3.8) is 0 Å². The van der Waals surface area contributed by atoms with Crippen molar-refractivity contribution in [3.8, 4) is 0 Å². The first-order chi connectivity index (χ1) is 11.3. The number of hydrogen-bond acceptors (Lipinski definition) is 3. The second kappa shape index (κ2) is 7.49. The molecule has 0 unspecified atom stereocenters. The summed E-state index contributed by atoms with van der Waals surface area (Å²) in [5.74, 6) is 1.39. The molecule has 0 saturated heterocycles. The Labute approximate surface area is 142 Å². The van der Waals surface area contributed by atoms with Crippen LogP contribution in [0.1, 0.15) is 45.0 Å². The molecular weight excluding hydrogens is 304 g/mol. The summed E-state index contributed by atoms with van der Waals surface area (Å²) in [6, 6.07) is 7.37. The quantitative estimate of drug-likeness (QED) is 0.762. The SMILES string of the molecule is CC(C)c1nccn1Cc1cccc(NC(=O)NC(C)(C)CO)c1. The van der Waals surface area contributed by atoms with Crippen LogP contribution in [0.2, 0.25) is 0 Å². The van der Waals surface area contributed by atoms with E-state index in [0.29, 0.717) is 18.2 Å². The summed E-state index contributed by atoms with van der Waals surface area (Å²) >= 11 is 0. The molecule has 1 heterocycles. The van der Waals surface area contributed by atoms with Crippen molar-refractivity contribution in [2.45, 2.75) is 45.7 Å². The van der Waals surface area contributed by atoms with Gasteiger partial charge in [-0.25, -0.2) is 9.78 Å². The number of carbonyl (C=O) groups is 1. The lowest BCUT2D eigenvalue weighted by Crippen LogP contribution is -2.48. The highest BCUT2D eigenvalue weighted by Crippen LogP contribution is 2.16. The molecule has 0 aliphatic rings. The number of urea groups is 1. The fourth-order valence-corrected chi connectivity index (χ4v) is 2.41. The Kier molecular flexibility index (Phi) is 5.62. The minimum Gasteiger partial charge on any atom is -0.394 e. The molecular formula is C18H26N4O2. The van der Waals surface area contributed by atoms with Crippen LogP contribution >= 0.6 is 0 Å². The number of aliphatic hydroxyl groups excluding tert-OH is 1. The monoisotopic (exact) mass is 330 g/mol. The Balaban J connectivity index is 2.06. The minimum atomic E-state index is -0.662. The summed E-state index contributed by atoms with van der Waals surface area (Å²) in [6.07, 6.45) is 3.77. The smallest absolute Gasteiger partial charge is 0.319 e. The van der Waals surface area contributed by atoms with Crippen molar-refractivity contribution in [2.75, 3.05) is 11.9 Å². The van der Waals surface area contributed by atoms with Crippen LogP contribution in [0.25, 0.3) is 0 Å². The van der Waals surface area contributed by atoms with Crippen LogP contribution in [0.3, 0.4) is 0 Å². The zero-order chi connectivity index (χ0) is 17.7. The van der Waals surface area contributed by atoms with Gasteiger partial charge < -0.3 is 20.3 Å². The number of aromatic nitrogens is 2. The summed E-state index contributed by atoms with van der Waals surface area (Å²) in [5, 5.41) is 14.7. The summed E-state index contributed by atoms with van der Waals surface area (Å²) in [7, 11) is 0. The Hall–Kier alpha value is -2.34. The highest BCUT2D eigenvalue weighted by molar-refractivity contribution is 5.89. The van der Waals surface area contributed by atoms with Crippen molar-refractivity contribution >= 4 is 11.7 Å². The predicted octanol–water partition coefficient (Wildman–Crippen LogP) is 2.95. The Morgan fingerprint density at radius 2 is 2.12 bits per heavy atom. The van der Waals surface area contributed by atoms with Gasteiger partial charge in [0.05, 0.1) is 12.1 Å². The molecule has 130 valence electrons. The maximum absolute atomic E-state index is 12.0. The van der Waals surface area contributed by atoms with Crippen molar-refractivity contribution < 1.29 is 9.90 Å². The molecule has 3 N–H and O–H groups in total. The van der Waals surface area contributed by atoms with Gasteiger partial charge in [0.1, 0.15) is 5.82 Å². The number of rotatable bonds is 6. The molecule has 1 aromatic heterocycles. The van der Waals surface area contributed by atoms with E-state index < -0.39 is 5.54 Å². The average molecular weight is 330 g/mol. The number of benzene rings is 1. The lowest BCUT2D eigenvalue weighted by Gasteiger charge is -2.23. The van der Waals surface area contributed by atoms with E-state index in [-0.39, 0.29) is 12.6 Å². The van der Waals surface area contributed by atoms with Gasteiger partial charge in [0.25, 0.3) is 0 Å². The molecule has 24 heavy (non-hydrogen) atoms. The van der Waals surface area contributed by atoms with Crippen molar-refractivity contribution in [1.29, 1.82) is 0 Å². The van der Waals surface area contributed by atoms with E-state index in [4.69, 9.17) is 0 Å². The molecule has 0 radical (unpaired) electrons. The summed E-state index contributed by atoms with van der Waals surface area (Å²) in [4.78, 5) is 16.4. The van der Waals surface area contributed by atoms with E-state index in [1.807, 2.05) is 36.7 Å². The first-order valence-electron chi connectivity index (χ1n) is 8.11. The zero-order valence-corrected chi connectivity index (χ0v) is 14.7. The molecule has 2 rings (SSSR count). The number of carbonyl (C=O) groups excluding carboxylic acids is 1. The topological polar surface area (TPSA) is 79.2 Å². The van der Waals surface area contributed by atoms with E-state index in [2.05, 4.69) is 34.0 Å². The molecule has 0 fully saturated rings. The Bertz CT molecular complexity index is 692. The molecule has 6 heteroatoms. The van der Waals surface area contributed by atoms with E-state index in [9.17, 15) is 9.90 Å². The third-order valence-electron chi connectivity index (χ3n) is 3.65. The van der Waals surface area contributed by atoms with Gasteiger partial charge in [-0.15, -0.1) is 0 Å². The second-order valence-corrected chi connectivity index (χ2v) is 6.89. The standard InChI is InChI=1S/C18H26N4O2/c1-13(2)16-19-8-9-22(16)11-14-6-5-7-15(10-14)20-17(24)21-18(3,4)12-23/h5-10,13,23H,11-12H2,1-4H3,(H2,20,21,24). The van der Waals surface area contributed by atoms with Crippen LogP contribution in [0, 0.1) is 0 Å². The summed E-state index contributed by atoms with van der Waals surface area (Å²) < 4.78 is 2.11. The lowest BCUT2D eigenvalue weighted by atomic mass is 10.1. The van der Waals surface area contributed by atoms with Crippen molar-refractivity contribution in [3.05, 3.63) is 48.0 Å². The average Bonchev–Trinajstić information content (AvgIpc) is 2.95. The lowest BCUT2D eigenvalue weighted by molar-refractivity contribution is 0.187. The second-order valence-electron chi connectivity index (χ2n) is 6.89. The van der Waals surface area contributed by atoms with Gasteiger partial charge in [-0.2, -0.15) is 0 Å². The molecule has 1 aromatic carbocycles. The van der Waals surface area contributed by atoms with Crippen LogP contribution in [-0.2, 0) is 6.54 Å². The van der Waals surface area contributed by atoms with E-state index in [1.54, 1.807) is 13.8 Å². The zero-order valence-electron chi connectivity index (χ0n) is 14.7. The third kappa shape index (κ3) is 4.83. The van der Waals surface area contributed by atoms with E-state index in [1.165, 1.54) is 0 Å². The largest absolute Gasteiger partial charge is 0.394 e. The molecule has 0 aliphatic carbocycles. The van der Waals surface area contributed by atoms with Crippen molar-refractivity contribution in [2.24, 2.45) is 0 Å². The van der Waals surface area contributed by atoms with Gasteiger partial charge in [-0.1, -0.05) is 26.0 Å². The molecule has 0 spiro atoms. The van der Waals surface area contributed by atoms with E-state index in [0.717, 1.165) is 11.4 Å². The third-order valence-corrected chi connectivity index (χ3v) is 3.65. The molecule has 2 aromatic rings. The van der Waals surface area contributed by atoms with Gasteiger partial charge >= 0.3 is 6.03 Å². The maximum Gasteiger partial charge on any atom is 0.319 e. The molecule has 0 aliphatic heterocycles. The van der Waals surface area contributed by atoms with Crippen LogP contribution in [0.4, 0.5) is 10.5 Å². The first-order valence-corrected chi connectivity index (χ1v) is 8.11. The van der Waals surface area contributed by atoms with Gasteiger partial charge in [0, 0.05) is 30.5 Å². The fraction of sp³-hybridized carbons (Fsp3) is 0.444. The number of imidazole rings is 1. The van der Waals surface area contributed by atoms with Gasteiger partial charge in [0.2, 0.25) is 0 Å². The highest BCUT2D eigenvalue weighted by atomic mass is 16.3.